The standard InChI is InChI=1S/C19H25N3O4/c23-17(14-3-4-14)21-9-11-22(12-10-21)18(24)15-5-7-20(8-6-15)19(25)16-2-1-13-26-16/h1-2,13-15H,3-12H2. The van der Waals surface area contributed by atoms with E-state index < -0.39 is 0 Å². The zero-order valence-corrected chi connectivity index (χ0v) is 14.9. The topological polar surface area (TPSA) is 74.1 Å². The number of rotatable bonds is 3. The molecule has 140 valence electrons. The van der Waals surface area contributed by atoms with Crippen LogP contribution in [0.25, 0.3) is 0 Å². The second-order valence-corrected chi connectivity index (χ2v) is 7.47. The van der Waals surface area contributed by atoms with Crippen molar-refractivity contribution in [1.82, 2.24) is 14.7 Å². The van der Waals surface area contributed by atoms with Crippen LogP contribution in [0.3, 0.4) is 0 Å². The molecule has 0 aromatic carbocycles. The Hall–Kier alpha value is -2.31. The maximum atomic E-state index is 12.8. The van der Waals surface area contributed by atoms with E-state index in [9.17, 15) is 14.4 Å². The molecule has 3 amide bonds. The smallest absolute Gasteiger partial charge is 0.289 e. The van der Waals surface area contributed by atoms with Gasteiger partial charge in [0.25, 0.3) is 5.91 Å². The molecule has 7 nitrogen and oxygen atoms in total. The molecule has 3 heterocycles. The molecule has 1 aromatic heterocycles. The maximum absolute atomic E-state index is 12.8. The van der Waals surface area contributed by atoms with E-state index in [1.165, 1.54) is 6.26 Å². The van der Waals surface area contributed by atoms with Gasteiger partial charge in [-0.15, -0.1) is 0 Å². The number of furan rings is 1. The van der Waals surface area contributed by atoms with Crippen molar-refractivity contribution in [3.8, 4) is 0 Å². The lowest BCUT2D eigenvalue weighted by Crippen LogP contribution is -2.53. The zero-order chi connectivity index (χ0) is 18.1. The number of carbonyl (C=O) groups excluding carboxylic acids is 3. The van der Waals surface area contributed by atoms with Gasteiger partial charge in [0.15, 0.2) is 5.76 Å². The molecule has 1 saturated carbocycles. The van der Waals surface area contributed by atoms with E-state index in [0.29, 0.717) is 57.9 Å². The average molecular weight is 359 g/mol. The minimum absolute atomic E-state index is 0.0265. The van der Waals surface area contributed by atoms with Gasteiger partial charge in [0.1, 0.15) is 0 Å². The van der Waals surface area contributed by atoms with Crippen LogP contribution in [0.15, 0.2) is 22.8 Å². The molecule has 0 spiro atoms. The molecule has 0 radical (unpaired) electrons. The fourth-order valence-electron chi connectivity index (χ4n) is 3.88. The van der Waals surface area contributed by atoms with Gasteiger partial charge < -0.3 is 19.1 Å². The van der Waals surface area contributed by atoms with Crippen LogP contribution in [-0.4, -0.2) is 71.7 Å². The lowest BCUT2D eigenvalue weighted by atomic mass is 9.94. The summed E-state index contributed by atoms with van der Waals surface area (Å²) in [5.41, 5.74) is 0. The van der Waals surface area contributed by atoms with E-state index in [4.69, 9.17) is 4.42 Å². The molecule has 7 heteroatoms. The van der Waals surface area contributed by atoms with Gasteiger partial charge in [-0.05, 0) is 37.8 Å². The first-order valence-electron chi connectivity index (χ1n) is 9.54. The normalized spacial score (nSPS) is 21.8. The van der Waals surface area contributed by atoms with E-state index >= 15 is 0 Å². The van der Waals surface area contributed by atoms with Crippen LogP contribution in [0, 0.1) is 11.8 Å². The third-order valence-electron chi connectivity index (χ3n) is 5.69. The van der Waals surface area contributed by atoms with Crippen molar-refractivity contribution in [3.05, 3.63) is 24.2 Å². The molecule has 3 fully saturated rings. The minimum Gasteiger partial charge on any atom is -0.459 e. The summed E-state index contributed by atoms with van der Waals surface area (Å²) in [6, 6.07) is 3.37. The lowest BCUT2D eigenvalue weighted by Gasteiger charge is -2.38. The summed E-state index contributed by atoms with van der Waals surface area (Å²) in [6.07, 6.45) is 4.91. The van der Waals surface area contributed by atoms with Crippen molar-refractivity contribution in [3.63, 3.8) is 0 Å². The Labute approximate surface area is 152 Å². The van der Waals surface area contributed by atoms with Crippen LogP contribution in [0.5, 0.6) is 0 Å². The van der Waals surface area contributed by atoms with Gasteiger partial charge in [0.2, 0.25) is 11.8 Å². The van der Waals surface area contributed by atoms with Crippen molar-refractivity contribution in [2.24, 2.45) is 11.8 Å². The van der Waals surface area contributed by atoms with Crippen LogP contribution in [0.1, 0.15) is 36.2 Å². The van der Waals surface area contributed by atoms with Crippen molar-refractivity contribution in [2.75, 3.05) is 39.3 Å². The molecule has 2 saturated heterocycles. The van der Waals surface area contributed by atoms with Crippen molar-refractivity contribution < 1.29 is 18.8 Å². The number of carbonyl (C=O) groups is 3. The summed E-state index contributed by atoms with van der Waals surface area (Å²) in [7, 11) is 0. The Morgan fingerprint density at radius 2 is 1.31 bits per heavy atom. The Kier molecular flexibility index (Phi) is 4.70. The lowest BCUT2D eigenvalue weighted by molar-refractivity contribution is -0.143. The molecule has 0 bridgehead atoms. The summed E-state index contributed by atoms with van der Waals surface area (Å²) < 4.78 is 5.17. The Morgan fingerprint density at radius 3 is 1.77 bits per heavy atom. The maximum Gasteiger partial charge on any atom is 0.289 e. The largest absolute Gasteiger partial charge is 0.459 e. The Bertz CT molecular complexity index is 667. The van der Waals surface area contributed by atoms with E-state index in [1.807, 2.05) is 9.80 Å². The first-order chi connectivity index (χ1) is 12.6. The van der Waals surface area contributed by atoms with Gasteiger partial charge in [0.05, 0.1) is 6.26 Å². The number of hydrogen-bond acceptors (Lipinski definition) is 4. The highest BCUT2D eigenvalue weighted by atomic mass is 16.3. The molecule has 0 atom stereocenters. The number of hydrogen-bond donors (Lipinski definition) is 0. The summed E-state index contributed by atoms with van der Waals surface area (Å²) in [5, 5.41) is 0. The van der Waals surface area contributed by atoms with Gasteiger partial charge in [-0.25, -0.2) is 0 Å². The van der Waals surface area contributed by atoms with Gasteiger partial charge in [-0.1, -0.05) is 0 Å². The predicted molar refractivity (Wildman–Crippen MR) is 93.2 cm³/mol. The third-order valence-corrected chi connectivity index (χ3v) is 5.69. The SMILES string of the molecule is O=C(c1ccco1)N1CCC(C(=O)N2CCN(C(=O)C3CC3)CC2)CC1. The van der Waals surface area contributed by atoms with Crippen LogP contribution in [0.2, 0.25) is 0 Å². The van der Waals surface area contributed by atoms with Crippen molar-refractivity contribution in [2.45, 2.75) is 25.7 Å². The van der Waals surface area contributed by atoms with Gasteiger partial charge in [-0.3, -0.25) is 14.4 Å². The van der Waals surface area contributed by atoms with Crippen LogP contribution in [-0.2, 0) is 9.59 Å². The molecular weight excluding hydrogens is 334 g/mol. The number of amides is 3. The molecule has 26 heavy (non-hydrogen) atoms. The quantitative estimate of drug-likeness (QED) is 0.813. The van der Waals surface area contributed by atoms with Crippen LogP contribution < -0.4 is 0 Å². The molecule has 4 rings (SSSR count). The second kappa shape index (κ2) is 7.13. The number of piperazine rings is 1. The Balaban J connectivity index is 1.25. The molecular formula is C19H25N3O4. The van der Waals surface area contributed by atoms with Crippen molar-refractivity contribution in [1.29, 1.82) is 0 Å². The highest BCUT2D eigenvalue weighted by Gasteiger charge is 2.36. The molecule has 0 unspecified atom stereocenters. The fourth-order valence-corrected chi connectivity index (χ4v) is 3.88. The zero-order valence-electron chi connectivity index (χ0n) is 14.9. The van der Waals surface area contributed by atoms with E-state index in [0.717, 1.165) is 12.8 Å². The minimum atomic E-state index is -0.104. The molecule has 2 aliphatic heterocycles. The summed E-state index contributed by atoms with van der Waals surface area (Å²) in [5.74, 6) is 0.907. The van der Waals surface area contributed by atoms with Crippen molar-refractivity contribution >= 4 is 17.7 Å². The highest BCUT2D eigenvalue weighted by molar-refractivity contribution is 5.91. The number of nitrogens with zero attached hydrogens (tertiary/aromatic N) is 3. The molecule has 1 aliphatic carbocycles. The van der Waals surface area contributed by atoms with Crippen LogP contribution in [0.4, 0.5) is 0 Å². The summed E-state index contributed by atoms with van der Waals surface area (Å²) in [6.45, 7) is 3.71. The summed E-state index contributed by atoms with van der Waals surface area (Å²) >= 11 is 0. The van der Waals surface area contributed by atoms with Crippen LogP contribution >= 0.6 is 0 Å². The van der Waals surface area contributed by atoms with E-state index in [1.54, 1.807) is 17.0 Å². The van der Waals surface area contributed by atoms with Gasteiger partial charge >= 0.3 is 0 Å². The van der Waals surface area contributed by atoms with Gasteiger partial charge in [-0.2, -0.15) is 0 Å². The van der Waals surface area contributed by atoms with E-state index in [2.05, 4.69) is 0 Å². The third kappa shape index (κ3) is 3.48. The first-order valence-corrected chi connectivity index (χ1v) is 9.54. The number of piperidine rings is 1. The molecule has 1 aromatic rings. The monoisotopic (exact) mass is 359 g/mol. The second-order valence-electron chi connectivity index (χ2n) is 7.47. The highest BCUT2D eigenvalue weighted by Crippen LogP contribution is 2.31. The van der Waals surface area contributed by atoms with E-state index in [-0.39, 0.29) is 29.6 Å². The van der Waals surface area contributed by atoms with Gasteiger partial charge in [0, 0.05) is 51.1 Å². The fraction of sp³-hybridized carbons (Fsp3) is 0.632. The summed E-state index contributed by atoms with van der Waals surface area (Å²) in [4.78, 5) is 42.8. The molecule has 3 aliphatic rings. The number of likely N-dealkylation sites (tertiary alicyclic amines) is 1. The first kappa shape index (κ1) is 17.1. The average Bonchev–Trinajstić information content (AvgIpc) is 3.40. The molecule has 0 N–H and O–H groups in total. The Morgan fingerprint density at radius 1 is 0.769 bits per heavy atom. The predicted octanol–water partition coefficient (Wildman–Crippen LogP) is 1.21.